The van der Waals surface area contributed by atoms with Crippen LogP contribution in [0.15, 0.2) is 60.8 Å². The van der Waals surface area contributed by atoms with Crippen LogP contribution in [0.4, 0.5) is 17.3 Å². The zero-order chi connectivity index (χ0) is 19.9. The third kappa shape index (κ3) is 5.14. The van der Waals surface area contributed by atoms with E-state index in [1.807, 2.05) is 31.2 Å². The summed E-state index contributed by atoms with van der Waals surface area (Å²) in [6.07, 6.45) is 1.54. The van der Waals surface area contributed by atoms with E-state index >= 15 is 0 Å². The van der Waals surface area contributed by atoms with Crippen molar-refractivity contribution in [2.45, 2.75) is 20.4 Å². The summed E-state index contributed by atoms with van der Waals surface area (Å²) in [5.41, 5.74) is 3.71. The summed E-state index contributed by atoms with van der Waals surface area (Å²) in [7, 11) is 0. The summed E-state index contributed by atoms with van der Waals surface area (Å²) >= 11 is 0. The van der Waals surface area contributed by atoms with Crippen LogP contribution in [-0.2, 0) is 11.3 Å². The van der Waals surface area contributed by atoms with Gasteiger partial charge in [0.2, 0.25) is 11.9 Å². The highest BCUT2D eigenvalue weighted by atomic mass is 16.2. The Balaban J connectivity index is 1.67. The van der Waals surface area contributed by atoms with Crippen LogP contribution < -0.4 is 16.0 Å². The molecule has 3 N–H and O–H groups in total. The lowest BCUT2D eigenvalue weighted by molar-refractivity contribution is -0.114. The molecule has 0 fully saturated rings. The van der Waals surface area contributed by atoms with Gasteiger partial charge in [-0.3, -0.25) is 9.59 Å². The molecular weight excluding hydrogens is 354 g/mol. The SMILES string of the molecule is CC(=O)Nc1cccc(NC(=O)c2ccnc(NCc3ccccc3C)n2)c1. The van der Waals surface area contributed by atoms with Crippen LogP contribution >= 0.6 is 0 Å². The van der Waals surface area contributed by atoms with Gasteiger partial charge in [0.1, 0.15) is 5.69 Å². The number of aromatic nitrogens is 2. The Morgan fingerprint density at radius 3 is 2.46 bits per heavy atom. The normalized spacial score (nSPS) is 10.2. The smallest absolute Gasteiger partial charge is 0.274 e. The lowest BCUT2D eigenvalue weighted by atomic mass is 10.1. The van der Waals surface area contributed by atoms with Gasteiger partial charge in [-0.2, -0.15) is 0 Å². The Morgan fingerprint density at radius 2 is 1.71 bits per heavy atom. The van der Waals surface area contributed by atoms with Crippen molar-refractivity contribution in [2.75, 3.05) is 16.0 Å². The summed E-state index contributed by atoms with van der Waals surface area (Å²) in [5, 5.41) is 8.59. The molecule has 0 aliphatic heterocycles. The fourth-order valence-corrected chi connectivity index (χ4v) is 2.63. The molecule has 0 spiro atoms. The van der Waals surface area contributed by atoms with Gasteiger partial charge in [-0.15, -0.1) is 0 Å². The number of nitrogens with one attached hydrogen (secondary N) is 3. The standard InChI is InChI=1S/C21H21N5O2/c1-14-6-3-4-7-16(14)13-23-21-22-11-10-19(26-21)20(28)25-18-9-5-8-17(12-18)24-15(2)27/h3-12H,13H2,1-2H3,(H,24,27)(H,25,28)(H,22,23,26). The summed E-state index contributed by atoms with van der Waals surface area (Å²) in [6.45, 7) is 4.03. The van der Waals surface area contributed by atoms with Crippen LogP contribution in [0.1, 0.15) is 28.5 Å². The number of amides is 2. The fourth-order valence-electron chi connectivity index (χ4n) is 2.63. The summed E-state index contributed by atoms with van der Waals surface area (Å²) in [5.74, 6) is -0.159. The molecule has 2 amide bonds. The third-order valence-electron chi connectivity index (χ3n) is 4.03. The van der Waals surface area contributed by atoms with Crippen molar-refractivity contribution in [2.24, 2.45) is 0 Å². The van der Waals surface area contributed by atoms with Crippen LogP contribution in [0.2, 0.25) is 0 Å². The second-order valence-corrected chi connectivity index (χ2v) is 6.26. The monoisotopic (exact) mass is 375 g/mol. The number of nitrogens with zero attached hydrogens (tertiary/aromatic N) is 2. The Morgan fingerprint density at radius 1 is 0.964 bits per heavy atom. The molecular formula is C21H21N5O2. The van der Waals surface area contributed by atoms with E-state index in [-0.39, 0.29) is 17.5 Å². The largest absolute Gasteiger partial charge is 0.350 e. The number of anilines is 3. The van der Waals surface area contributed by atoms with Gasteiger partial charge in [-0.05, 0) is 42.3 Å². The zero-order valence-corrected chi connectivity index (χ0v) is 15.7. The molecule has 0 radical (unpaired) electrons. The van der Waals surface area contributed by atoms with Gasteiger partial charge in [0.15, 0.2) is 0 Å². The zero-order valence-electron chi connectivity index (χ0n) is 15.7. The van der Waals surface area contributed by atoms with Gasteiger partial charge in [0, 0.05) is 31.0 Å². The van der Waals surface area contributed by atoms with Crippen LogP contribution in [0.25, 0.3) is 0 Å². The first-order valence-electron chi connectivity index (χ1n) is 8.82. The van der Waals surface area contributed by atoms with E-state index in [1.54, 1.807) is 30.3 Å². The highest BCUT2D eigenvalue weighted by Gasteiger charge is 2.10. The topological polar surface area (TPSA) is 96.0 Å². The molecule has 0 aliphatic carbocycles. The van der Waals surface area contributed by atoms with Crippen LogP contribution in [0.3, 0.4) is 0 Å². The van der Waals surface area contributed by atoms with E-state index < -0.39 is 0 Å². The number of rotatable bonds is 6. The highest BCUT2D eigenvalue weighted by molar-refractivity contribution is 6.03. The number of carbonyl (C=O) groups is 2. The van der Waals surface area contributed by atoms with Crippen molar-refractivity contribution in [3.63, 3.8) is 0 Å². The molecule has 0 atom stereocenters. The van der Waals surface area contributed by atoms with Crippen molar-refractivity contribution in [3.05, 3.63) is 77.6 Å². The van der Waals surface area contributed by atoms with Gasteiger partial charge >= 0.3 is 0 Å². The first-order valence-corrected chi connectivity index (χ1v) is 8.82. The van der Waals surface area contributed by atoms with Gasteiger partial charge in [-0.25, -0.2) is 9.97 Å². The second kappa shape index (κ2) is 8.77. The molecule has 142 valence electrons. The number of hydrogen-bond donors (Lipinski definition) is 3. The molecule has 28 heavy (non-hydrogen) atoms. The van der Waals surface area contributed by atoms with Gasteiger partial charge < -0.3 is 16.0 Å². The molecule has 1 heterocycles. The van der Waals surface area contributed by atoms with Gasteiger partial charge in [0.25, 0.3) is 5.91 Å². The van der Waals surface area contributed by atoms with E-state index in [0.29, 0.717) is 23.9 Å². The molecule has 1 aromatic heterocycles. The first kappa shape index (κ1) is 19.0. The molecule has 7 nitrogen and oxygen atoms in total. The van der Waals surface area contributed by atoms with Gasteiger partial charge in [-0.1, -0.05) is 30.3 Å². The molecule has 3 rings (SSSR count). The minimum Gasteiger partial charge on any atom is -0.350 e. The van der Waals surface area contributed by atoms with Crippen LogP contribution in [0.5, 0.6) is 0 Å². The van der Waals surface area contributed by atoms with E-state index in [4.69, 9.17) is 0 Å². The molecule has 0 aliphatic rings. The lowest BCUT2D eigenvalue weighted by Gasteiger charge is -2.10. The second-order valence-electron chi connectivity index (χ2n) is 6.26. The maximum atomic E-state index is 12.5. The number of benzene rings is 2. The average Bonchev–Trinajstić information content (AvgIpc) is 2.67. The number of carbonyl (C=O) groups excluding carboxylic acids is 2. The molecule has 0 saturated heterocycles. The summed E-state index contributed by atoms with van der Waals surface area (Å²) < 4.78 is 0. The first-order chi connectivity index (χ1) is 13.5. The maximum Gasteiger partial charge on any atom is 0.274 e. The molecule has 3 aromatic rings. The molecule has 0 unspecified atom stereocenters. The van der Waals surface area contributed by atoms with Crippen molar-refractivity contribution in [1.82, 2.24) is 9.97 Å². The summed E-state index contributed by atoms with van der Waals surface area (Å²) in [4.78, 5) is 32.1. The van der Waals surface area contributed by atoms with E-state index in [2.05, 4.69) is 25.9 Å². The lowest BCUT2D eigenvalue weighted by Crippen LogP contribution is -2.15. The van der Waals surface area contributed by atoms with E-state index in [9.17, 15) is 9.59 Å². The van der Waals surface area contributed by atoms with Crippen LogP contribution in [0, 0.1) is 6.92 Å². The Labute approximate surface area is 163 Å². The molecule has 2 aromatic carbocycles. The summed E-state index contributed by atoms with van der Waals surface area (Å²) in [6, 6.07) is 16.5. The minimum atomic E-state index is -0.360. The predicted octanol–water partition coefficient (Wildman–Crippen LogP) is 3.61. The Kier molecular flexibility index (Phi) is 5.96. The number of aryl methyl sites for hydroxylation is 1. The Hall–Kier alpha value is -3.74. The fraction of sp³-hybridized carbons (Fsp3) is 0.143. The van der Waals surface area contributed by atoms with Gasteiger partial charge in [0.05, 0.1) is 0 Å². The van der Waals surface area contributed by atoms with E-state index in [0.717, 1.165) is 5.56 Å². The van der Waals surface area contributed by atoms with Crippen LogP contribution in [-0.4, -0.2) is 21.8 Å². The quantitative estimate of drug-likeness (QED) is 0.612. The van der Waals surface area contributed by atoms with Crippen molar-refractivity contribution in [1.29, 1.82) is 0 Å². The minimum absolute atomic E-state index is 0.177. The Bertz CT molecular complexity index is 1000. The van der Waals surface area contributed by atoms with Crippen molar-refractivity contribution in [3.8, 4) is 0 Å². The van der Waals surface area contributed by atoms with Crippen molar-refractivity contribution >= 4 is 29.1 Å². The maximum absolute atomic E-state index is 12.5. The average molecular weight is 375 g/mol. The molecule has 0 saturated carbocycles. The number of hydrogen-bond acceptors (Lipinski definition) is 5. The highest BCUT2D eigenvalue weighted by Crippen LogP contribution is 2.16. The predicted molar refractivity (Wildman–Crippen MR) is 109 cm³/mol. The molecule has 7 heteroatoms. The molecule has 0 bridgehead atoms. The van der Waals surface area contributed by atoms with Crippen molar-refractivity contribution < 1.29 is 9.59 Å². The van der Waals surface area contributed by atoms with E-state index in [1.165, 1.54) is 18.7 Å². The third-order valence-corrected chi connectivity index (χ3v) is 4.03.